The maximum Gasteiger partial charge on any atom is 0.335 e. The highest BCUT2D eigenvalue weighted by Gasteiger charge is 2.62. The van der Waals surface area contributed by atoms with Crippen LogP contribution in [-0.2, 0) is 16.0 Å². The van der Waals surface area contributed by atoms with Gasteiger partial charge in [-0.3, -0.25) is 25.0 Å². The van der Waals surface area contributed by atoms with Crippen molar-refractivity contribution in [2.75, 3.05) is 16.8 Å². The number of barbiturate groups is 1. The molecule has 5 rings (SSSR count). The van der Waals surface area contributed by atoms with Crippen LogP contribution in [0.2, 0.25) is 0 Å². The number of fused-ring (bicyclic) bond motifs is 1. The van der Waals surface area contributed by atoms with Gasteiger partial charge in [0.2, 0.25) is 5.91 Å². The average Bonchev–Trinajstić information content (AvgIpc) is 2.84. The lowest BCUT2D eigenvalue weighted by molar-refractivity contribution is -0.384. The summed E-state index contributed by atoms with van der Waals surface area (Å²) in [6, 6.07) is 17.3. The fraction of sp³-hybridized carbons (Fsp3) is 0.222. The number of anilines is 2. The second kappa shape index (κ2) is 8.30. The third kappa shape index (κ3) is 3.35. The van der Waals surface area contributed by atoms with Gasteiger partial charge in [-0.05, 0) is 42.7 Å². The first-order valence-corrected chi connectivity index (χ1v) is 11.5. The van der Waals surface area contributed by atoms with Crippen LogP contribution in [0.15, 0.2) is 66.7 Å². The SMILES string of the molecule is Cc1ccc(N2C(=O)NC(=O)[C@]3(Cc4cc([N+](=O)[O-])ccc4N(C)[C@@H]3c3ccccc3)C2=O)c(C)c1. The average molecular weight is 485 g/mol. The first-order chi connectivity index (χ1) is 17.1. The maximum atomic E-state index is 14.4. The molecule has 0 bridgehead atoms. The lowest BCUT2D eigenvalue weighted by Crippen LogP contribution is -2.69. The normalized spacial score (nSPS) is 21.4. The standard InChI is InChI=1S/C27H24N4O5/c1-16-9-11-21(17(2)13-16)30-25(33)27(24(32)28-26(30)34)15-19-14-20(31(35)36)10-12-22(19)29(3)23(27)18-7-5-4-6-8-18/h4-14,23H,15H2,1-3H3,(H,28,32,34)/t23-,27-/m1/s1. The number of urea groups is 1. The van der Waals surface area contributed by atoms with Gasteiger partial charge >= 0.3 is 6.03 Å². The van der Waals surface area contributed by atoms with Crippen LogP contribution in [0.1, 0.15) is 28.3 Å². The van der Waals surface area contributed by atoms with E-state index in [1.54, 1.807) is 37.1 Å². The number of nitrogens with zero attached hydrogens (tertiary/aromatic N) is 3. The molecule has 0 aliphatic carbocycles. The lowest BCUT2D eigenvalue weighted by Gasteiger charge is -2.51. The molecule has 36 heavy (non-hydrogen) atoms. The van der Waals surface area contributed by atoms with Crippen molar-refractivity contribution < 1.29 is 19.3 Å². The van der Waals surface area contributed by atoms with E-state index in [9.17, 15) is 24.5 Å². The van der Waals surface area contributed by atoms with Crippen molar-refractivity contribution in [1.82, 2.24) is 5.32 Å². The number of nitro benzene ring substituents is 1. The molecule has 3 aromatic carbocycles. The highest BCUT2D eigenvalue weighted by atomic mass is 16.6. The number of hydrogen-bond acceptors (Lipinski definition) is 6. The summed E-state index contributed by atoms with van der Waals surface area (Å²) in [5.41, 5.74) is 2.04. The van der Waals surface area contributed by atoms with E-state index in [1.807, 2.05) is 43.3 Å². The van der Waals surface area contributed by atoms with E-state index in [0.29, 0.717) is 28.1 Å². The second-order valence-electron chi connectivity index (χ2n) is 9.33. The number of hydrogen-bond donors (Lipinski definition) is 1. The fourth-order valence-electron chi connectivity index (χ4n) is 5.51. The molecule has 1 spiro atoms. The number of nitro groups is 1. The molecule has 4 amide bonds. The molecule has 182 valence electrons. The van der Waals surface area contributed by atoms with E-state index in [4.69, 9.17) is 0 Å². The predicted molar refractivity (Wildman–Crippen MR) is 134 cm³/mol. The molecule has 9 nitrogen and oxygen atoms in total. The quantitative estimate of drug-likeness (QED) is 0.338. The minimum atomic E-state index is -1.75. The summed E-state index contributed by atoms with van der Waals surface area (Å²) < 4.78 is 0. The van der Waals surface area contributed by atoms with E-state index in [-0.39, 0.29) is 12.1 Å². The fourth-order valence-corrected chi connectivity index (χ4v) is 5.51. The van der Waals surface area contributed by atoms with Gasteiger partial charge in [-0.2, -0.15) is 0 Å². The van der Waals surface area contributed by atoms with Gasteiger partial charge in [0.05, 0.1) is 16.7 Å². The Morgan fingerprint density at radius 1 is 0.972 bits per heavy atom. The zero-order valence-corrected chi connectivity index (χ0v) is 20.0. The van der Waals surface area contributed by atoms with Gasteiger partial charge in [-0.1, -0.05) is 48.0 Å². The predicted octanol–water partition coefficient (Wildman–Crippen LogP) is 4.21. The molecule has 0 radical (unpaired) electrons. The summed E-state index contributed by atoms with van der Waals surface area (Å²) in [5.74, 6) is -1.39. The van der Waals surface area contributed by atoms with Crippen molar-refractivity contribution >= 4 is 34.9 Å². The molecule has 3 aromatic rings. The molecule has 1 fully saturated rings. The van der Waals surface area contributed by atoms with Crippen LogP contribution in [0.4, 0.5) is 21.9 Å². The Balaban J connectivity index is 1.75. The Bertz CT molecular complexity index is 1440. The third-order valence-electron chi connectivity index (χ3n) is 7.10. The molecular formula is C27H24N4O5. The minimum absolute atomic E-state index is 0.104. The van der Waals surface area contributed by atoms with Crippen LogP contribution in [0.25, 0.3) is 0 Å². The number of benzene rings is 3. The number of nitrogens with one attached hydrogen (secondary N) is 1. The number of rotatable bonds is 3. The van der Waals surface area contributed by atoms with Crippen LogP contribution >= 0.6 is 0 Å². The molecule has 9 heteroatoms. The first kappa shape index (κ1) is 23.2. The van der Waals surface area contributed by atoms with Crippen molar-refractivity contribution in [3.8, 4) is 0 Å². The molecule has 2 atom stereocenters. The van der Waals surface area contributed by atoms with Crippen LogP contribution < -0.4 is 15.1 Å². The van der Waals surface area contributed by atoms with E-state index in [1.165, 1.54) is 12.1 Å². The number of amides is 4. The highest BCUT2D eigenvalue weighted by molar-refractivity contribution is 6.31. The molecule has 1 saturated heterocycles. The summed E-state index contributed by atoms with van der Waals surface area (Å²) in [5, 5.41) is 13.9. The van der Waals surface area contributed by atoms with Crippen molar-refractivity contribution in [2.45, 2.75) is 26.3 Å². The van der Waals surface area contributed by atoms with E-state index < -0.39 is 34.2 Å². The number of non-ortho nitro benzene ring substituents is 1. The number of carbonyl (C=O) groups excluding carboxylic acids is 3. The molecule has 2 aliphatic heterocycles. The summed E-state index contributed by atoms with van der Waals surface area (Å²) >= 11 is 0. The van der Waals surface area contributed by atoms with E-state index >= 15 is 0 Å². The van der Waals surface area contributed by atoms with Gasteiger partial charge in [-0.15, -0.1) is 0 Å². The molecular weight excluding hydrogens is 460 g/mol. The minimum Gasteiger partial charge on any atom is -0.366 e. The van der Waals surface area contributed by atoms with Crippen LogP contribution in [0.3, 0.4) is 0 Å². The van der Waals surface area contributed by atoms with Crippen molar-refractivity contribution in [3.63, 3.8) is 0 Å². The number of carbonyl (C=O) groups is 3. The monoisotopic (exact) mass is 484 g/mol. The Kier molecular flexibility index (Phi) is 5.35. The Labute approximate surface area is 207 Å². The lowest BCUT2D eigenvalue weighted by atomic mass is 9.66. The topological polar surface area (TPSA) is 113 Å². The maximum absolute atomic E-state index is 14.4. The van der Waals surface area contributed by atoms with Crippen molar-refractivity contribution in [3.05, 3.63) is 99.1 Å². The zero-order valence-electron chi connectivity index (χ0n) is 20.0. The summed E-state index contributed by atoms with van der Waals surface area (Å²) in [6.07, 6.45) is -0.104. The van der Waals surface area contributed by atoms with Gasteiger partial charge < -0.3 is 4.90 Å². The molecule has 1 N–H and O–H groups in total. The van der Waals surface area contributed by atoms with Gasteiger partial charge in [0.25, 0.3) is 11.6 Å². The van der Waals surface area contributed by atoms with Crippen molar-refractivity contribution in [1.29, 1.82) is 0 Å². The molecule has 2 aliphatic rings. The van der Waals surface area contributed by atoms with Crippen molar-refractivity contribution in [2.24, 2.45) is 5.41 Å². The zero-order chi connectivity index (χ0) is 25.8. The molecule has 0 unspecified atom stereocenters. The van der Waals surface area contributed by atoms with Gasteiger partial charge in [-0.25, -0.2) is 9.69 Å². The van der Waals surface area contributed by atoms with E-state index in [0.717, 1.165) is 10.5 Å². The summed E-state index contributed by atoms with van der Waals surface area (Å²) in [4.78, 5) is 55.0. The van der Waals surface area contributed by atoms with Crippen LogP contribution in [-0.4, -0.2) is 29.8 Å². The summed E-state index contributed by atoms with van der Waals surface area (Å²) in [6.45, 7) is 3.71. The van der Waals surface area contributed by atoms with Gasteiger partial charge in [0.15, 0.2) is 5.41 Å². The van der Waals surface area contributed by atoms with Crippen LogP contribution in [0, 0.1) is 29.4 Å². The number of aryl methyl sites for hydroxylation is 2. The van der Waals surface area contributed by atoms with E-state index in [2.05, 4.69) is 5.32 Å². The van der Waals surface area contributed by atoms with Gasteiger partial charge in [0, 0.05) is 31.3 Å². The molecule has 0 saturated carbocycles. The third-order valence-corrected chi connectivity index (χ3v) is 7.10. The Morgan fingerprint density at radius 3 is 2.33 bits per heavy atom. The molecule has 0 aromatic heterocycles. The molecule has 2 heterocycles. The largest absolute Gasteiger partial charge is 0.366 e. The smallest absolute Gasteiger partial charge is 0.335 e. The Morgan fingerprint density at radius 2 is 1.67 bits per heavy atom. The highest BCUT2D eigenvalue weighted by Crippen LogP contribution is 2.52. The second-order valence-corrected chi connectivity index (χ2v) is 9.33. The Hall–Kier alpha value is -4.53. The number of imide groups is 2. The van der Waals surface area contributed by atoms with Crippen LogP contribution in [0.5, 0.6) is 0 Å². The van der Waals surface area contributed by atoms with Gasteiger partial charge in [0.1, 0.15) is 0 Å². The summed E-state index contributed by atoms with van der Waals surface area (Å²) in [7, 11) is 1.75. The first-order valence-electron chi connectivity index (χ1n) is 11.5.